The normalized spacial score (nSPS) is 20.0. The summed E-state index contributed by atoms with van der Waals surface area (Å²) in [6.07, 6.45) is 4.45. The molecule has 1 saturated carbocycles. The van der Waals surface area contributed by atoms with E-state index in [2.05, 4.69) is 5.32 Å². The van der Waals surface area contributed by atoms with E-state index in [0.29, 0.717) is 23.9 Å². The van der Waals surface area contributed by atoms with Crippen LogP contribution in [0.5, 0.6) is 0 Å². The summed E-state index contributed by atoms with van der Waals surface area (Å²) in [5.74, 6) is 0.612. The Balaban J connectivity index is 1.66. The molecular formula is C17H23FN2O2S. The Morgan fingerprint density at radius 1 is 1.35 bits per heavy atom. The lowest BCUT2D eigenvalue weighted by molar-refractivity contribution is 0.186. The first-order chi connectivity index (χ1) is 11.2. The van der Waals surface area contributed by atoms with Gasteiger partial charge in [0.1, 0.15) is 5.82 Å². The van der Waals surface area contributed by atoms with Crippen molar-refractivity contribution in [2.24, 2.45) is 0 Å². The van der Waals surface area contributed by atoms with Crippen LogP contribution < -0.4 is 5.32 Å². The number of carbonyl (C=O) groups is 1. The maximum atomic E-state index is 13.9. The van der Waals surface area contributed by atoms with E-state index in [4.69, 9.17) is 5.11 Å². The first-order valence-electron chi connectivity index (χ1n) is 8.30. The number of benzene rings is 1. The largest absolute Gasteiger partial charge is 0.396 e. The van der Waals surface area contributed by atoms with E-state index < -0.39 is 0 Å². The molecule has 0 spiro atoms. The second-order valence-electron chi connectivity index (χ2n) is 6.15. The van der Waals surface area contributed by atoms with Crippen LogP contribution in [0.3, 0.4) is 0 Å². The molecule has 4 nitrogen and oxygen atoms in total. The number of carbonyl (C=O) groups excluding carboxylic acids is 1. The van der Waals surface area contributed by atoms with E-state index in [1.807, 2.05) is 11.0 Å². The molecule has 1 aliphatic heterocycles. The number of aliphatic hydroxyl groups is 1. The molecule has 1 atom stereocenters. The first-order valence-corrected chi connectivity index (χ1v) is 9.28. The number of hydrogen-bond acceptors (Lipinski definition) is 3. The highest BCUT2D eigenvalue weighted by atomic mass is 32.2. The van der Waals surface area contributed by atoms with Crippen LogP contribution in [-0.2, 0) is 0 Å². The van der Waals surface area contributed by atoms with Crippen LogP contribution >= 0.6 is 11.8 Å². The van der Waals surface area contributed by atoms with Crippen LogP contribution in [0, 0.1) is 5.82 Å². The van der Waals surface area contributed by atoms with Crippen molar-refractivity contribution in [1.29, 1.82) is 0 Å². The summed E-state index contributed by atoms with van der Waals surface area (Å²) in [6, 6.07) is 5.24. The van der Waals surface area contributed by atoms with Crippen LogP contribution in [0.1, 0.15) is 43.7 Å². The van der Waals surface area contributed by atoms with E-state index in [0.717, 1.165) is 37.0 Å². The predicted molar refractivity (Wildman–Crippen MR) is 89.1 cm³/mol. The first kappa shape index (κ1) is 16.6. The van der Waals surface area contributed by atoms with Crippen LogP contribution in [0.15, 0.2) is 23.1 Å². The lowest BCUT2D eigenvalue weighted by atomic mass is 10.0. The summed E-state index contributed by atoms with van der Waals surface area (Å²) in [5.41, 5.74) is 0.890. The standard InChI is InChI=1S/C17H23FN2O2S/c18-14-5-3-4-13-15(8-11-23-16(13)14)19-17(22)20(12-6-7-12)9-1-2-10-21/h3-5,12,15,21H,1-2,6-11H2,(H,19,22). The molecule has 126 valence electrons. The molecule has 0 aromatic heterocycles. The van der Waals surface area contributed by atoms with Gasteiger partial charge in [-0.1, -0.05) is 12.1 Å². The van der Waals surface area contributed by atoms with E-state index in [-0.39, 0.29) is 24.5 Å². The lowest BCUT2D eigenvalue weighted by Crippen LogP contribution is -2.44. The molecule has 1 fully saturated rings. The van der Waals surface area contributed by atoms with Gasteiger partial charge in [0.2, 0.25) is 0 Å². The second-order valence-corrected chi connectivity index (χ2v) is 7.26. The van der Waals surface area contributed by atoms with Crippen LogP contribution in [-0.4, -0.2) is 41.0 Å². The summed E-state index contributed by atoms with van der Waals surface area (Å²) in [7, 11) is 0. The second kappa shape index (κ2) is 7.53. The number of fused-ring (bicyclic) bond motifs is 1. The number of thioether (sulfide) groups is 1. The molecule has 0 radical (unpaired) electrons. The third kappa shape index (κ3) is 3.98. The molecule has 1 aromatic carbocycles. The third-order valence-corrected chi connectivity index (χ3v) is 5.54. The fraction of sp³-hybridized carbons (Fsp3) is 0.588. The molecular weight excluding hydrogens is 315 g/mol. The Labute approximate surface area is 140 Å². The summed E-state index contributed by atoms with van der Waals surface area (Å²) < 4.78 is 13.9. The predicted octanol–water partition coefficient (Wildman–Crippen LogP) is 3.31. The summed E-state index contributed by atoms with van der Waals surface area (Å²) in [6.45, 7) is 0.834. The van der Waals surface area contributed by atoms with Crippen molar-refractivity contribution < 1.29 is 14.3 Å². The molecule has 1 unspecified atom stereocenters. The van der Waals surface area contributed by atoms with E-state index in [9.17, 15) is 9.18 Å². The van der Waals surface area contributed by atoms with Gasteiger partial charge in [0.05, 0.1) is 6.04 Å². The number of amides is 2. The number of urea groups is 1. The molecule has 2 N–H and O–H groups in total. The fourth-order valence-corrected chi connectivity index (χ4v) is 4.14. The van der Waals surface area contributed by atoms with Crippen molar-refractivity contribution >= 4 is 17.8 Å². The van der Waals surface area contributed by atoms with Crippen molar-refractivity contribution in [3.63, 3.8) is 0 Å². The zero-order valence-corrected chi connectivity index (χ0v) is 13.9. The summed E-state index contributed by atoms with van der Waals surface area (Å²) >= 11 is 1.52. The van der Waals surface area contributed by atoms with Gasteiger partial charge in [0.25, 0.3) is 0 Å². The highest BCUT2D eigenvalue weighted by Gasteiger charge is 2.34. The number of nitrogens with one attached hydrogen (secondary N) is 1. The smallest absolute Gasteiger partial charge is 0.318 e. The molecule has 1 aliphatic carbocycles. The molecule has 23 heavy (non-hydrogen) atoms. The van der Waals surface area contributed by atoms with Crippen LogP contribution in [0.25, 0.3) is 0 Å². The highest BCUT2D eigenvalue weighted by molar-refractivity contribution is 7.99. The molecule has 1 heterocycles. The number of unbranched alkanes of at least 4 members (excludes halogenated alkanes) is 1. The lowest BCUT2D eigenvalue weighted by Gasteiger charge is -2.30. The van der Waals surface area contributed by atoms with Crippen molar-refractivity contribution in [2.75, 3.05) is 18.9 Å². The highest BCUT2D eigenvalue weighted by Crippen LogP contribution is 2.38. The Morgan fingerprint density at radius 3 is 2.91 bits per heavy atom. The summed E-state index contributed by atoms with van der Waals surface area (Å²) in [5, 5.41) is 12.0. The fourth-order valence-electron chi connectivity index (χ4n) is 3.00. The summed E-state index contributed by atoms with van der Waals surface area (Å²) in [4.78, 5) is 15.2. The van der Waals surface area contributed by atoms with Crippen molar-refractivity contribution in [3.8, 4) is 0 Å². The topological polar surface area (TPSA) is 52.6 Å². The van der Waals surface area contributed by atoms with Gasteiger partial charge in [-0.15, -0.1) is 11.8 Å². The molecule has 0 saturated heterocycles. The van der Waals surface area contributed by atoms with Crippen LogP contribution in [0.4, 0.5) is 9.18 Å². The zero-order valence-electron chi connectivity index (χ0n) is 13.1. The van der Waals surface area contributed by atoms with Gasteiger partial charge in [-0.3, -0.25) is 0 Å². The van der Waals surface area contributed by atoms with Crippen molar-refractivity contribution in [3.05, 3.63) is 29.6 Å². The van der Waals surface area contributed by atoms with Crippen LogP contribution in [0.2, 0.25) is 0 Å². The van der Waals surface area contributed by atoms with Crippen molar-refractivity contribution in [1.82, 2.24) is 10.2 Å². The minimum atomic E-state index is -0.201. The molecule has 2 aliphatic rings. The van der Waals surface area contributed by atoms with E-state index >= 15 is 0 Å². The van der Waals surface area contributed by atoms with E-state index in [1.54, 1.807) is 6.07 Å². The monoisotopic (exact) mass is 338 g/mol. The third-order valence-electron chi connectivity index (χ3n) is 4.38. The molecule has 3 rings (SSSR count). The maximum absolute atomic E-state index is 13.9. The molecule has 2 amide bonds. The molecule has 0 bridgehead atoms. The Kier molecular flexibility index (Phi) is 5.43. The number of hydrogen-bond donors (Lipinski definition) is 2. The van der Waals surface area contributed by atoms with Gasteiger partial charge in [-0.05, 0) is 43.7 Å². The number of aliphatic hydroxyl groups excluding tert-OH is 1. The molecule has 6 heteroatoms. The zero-order chi connectivity index (χ0) is 16.2. The quantitative estimate of drug-likeness (QED) is 0.783. The van der Waals surface area contributed by atoms with Crippen molar-refractivity contribution in [2.45, 2.75) is 49.1 Å². The Bertz CT molecular complexity index is 566. The van der Waals surface area contributed by atoms with Gasteiger partial charge in [-0.25, -0.2) is 9.18 Å². The number of halogens is 1. The number of nitrogens with zero attached hydrogens (tertiary/aromatic N) is 1. The molecule has 1 aromatic rings. The SMILES string of the molecule is O=C(NC1CCSc2c(F)cccc21)N(CCCCO)C1CC1. The number of rotatable bonds is 6. The average Bonchev–Trinajstić information content (AvgIpc) is 3.37. The minimum Gasteiger partial charge on any atom is -0.396 e. The van der Waals surface area contributed by atoms with Gasteiger partial charge in [0.15, 0.2) is 0 Å². The van der Waals surface area contributed by atoms with Gasteiger partial charge >= 0.3 is 6.03 Å². The Morgan fingerprint density at radius 2 is 2.17 bits per heavy atom. The minimum absolute atomic E-state index is 0.0578. The van der Waals surface area contributed by atoms with Gasteiger partial charge in [-0.2, -0.15) is 0 Å². The Hall–Kier alpha value is -1.27. The average molecular weight is 338 g/mol. The maximum Gasteiger partial charge on any atom is 0.318 e. The van der Waals surface area contributed by atoms with Gasteiger partial charge < -0.3 is 15.3 Å². The van der Waals surface area contributed by atoms with Gasteiger partial charge in [0, 0.05) is 29.8 Å². The van der Waals surface area contributed by atoms with E-state index in [1.165, 1.54) is 17.8 Å².